The summed E-state index contributed by atoms with van der Waals surface area (Å²) in [5.41, 5.74) is 0.776. The van der Waals surface area contributed by atoms with Gasteiger partial charge in [0.25, 0.3) is 5.69 Å². The number of carbonyl (C=O) groups excluding carboxylic acids is 3. The minimum absolute atomic E-state index is 0.0498. The van der Waals surface area contributed by atoms with E-state index in [1.54, 1.807) is 17.2 Å². The van der Waals surface area contributed by atoms with E-state index in [2.05, 4.69) is 5.32 Å². The van der Waals surface area contributed by atoms with E-state index in [1.807, 2.05) is 13.2 Å². The molecule has 2 aliphatic rings. The highest BCUT2D eigenvalue weighted by molar-refractivity contribution is 8.05. The van der Waals surface area contributed by atoms with Gasteiger partial charge in [0.1, 0.15) is 12.3 Å². The van der Waals surface area contributed by atoms with Crippen molar-refractivity contribution in [3.8, 4) is 0 Å². The summed E-state index contributed by atoms with van der Waals surface area (Å²) < 4.78 is 5.44. The number of nitrogens with zero attached hydrogens (tertiary/aromatic N) is 2. The molecule has 0 unspecified atom stereocenters. The van der Waals surface area contributed by atoms with E-state index < -0.39 is 10.9 Å². The van der Waals surface area contributed by atoms with Crippen LogP contribution in [0.5, 0.6) is 0 Å². The van der Waals surface area contributed by atoms with Crippen molar-refractivity contribution in [2.45, 2.75) is 38.2 Å². The van der Waals surface area contributed by atoms with Crippen molar-refractivity contribution < 1.29 is 24.0 Å². The average Bonchev–Trinajstić information content (AvgIpc) is 3.09. The van der Waals surface area contributed by atoms with E-state index in [0.717, 1.165) is 0 Å². The summed E-state index contributed by atoms with van der Waals surface area (Å²) in [6, 6.07) is 5.64. The first-order valence-corrected chi connectivity index (χ1v) is 12.0. The van der Waals surface area contributed by atoms with Gasteiger partial charge < -0.3 is 15.0 Å². The zero-order chi connectivity index (χ0) is 23.4. The van der Waals surface area contributed by atoms with E-state index in [0.29, 0.717) is 16.9 Å². The van der Waals surface area contributed by atoms with Gasteiger partial charge in [0.15, 0.2) is 0 Å². The van der Waals surface area contributed by atoms with E-state index in [1.165, 1.54) is 54.1 Å². The Balaban J connectivity index is 1.75. The number of nitro benzene ring substituents is 1. The third kappa shape index (κ3) is 4.99. The van der Waals surface area contributed by atoms with Crippen molar-refractivity contribution >= 4 is 47.0 Å². The fourth-order valence-corrected chi connectivity index (χ4v) is 5.11. The van der Waals surface area contributed by atoms with Gasteiger partial charge in [0.05, 0.1) is 16.9 Å². The lowest BCUT2D eigenvalue weighted by atomic mass is 9.85. The molecule has 1 aromatic carbocycles. The van der Waals surface area contributed by atoms with Crippen LogP contribution in [0.3, 0.4) is 0 Å². The Kier molecular flexibility index (Phi) is 7.62. The monoisotopic (exact) mass is 477 g/mol. The molecule has 1 N–H and O–H groups in total. The third-order valence-corrected chi connectivity index (χ3v) is 7.27. The van der Waals surface area contributed by atoms with Gasteiger partial charge in [0, 0.05) is 41.8 Å². The van der Waals surface area contributed by atoms with E-state index >= 15 is 0 Å². The van der Waals surface area contributed by atoms with Crippen LogP contribution in [0.1, 0.15) is 25.8 Å². The van der Waals surface area contributed by atoms with Gasteiger partial charge in [-0.05, 0) is 29.4 Å². The molecule has 0 saturated carbocycles. The molecule has 1 fully saturated rings. The molecular weight excluding hydrogens is 454 g/mol. The molecule has 0 aliphatic carbocycles. The van der Waals surface area contributed by atoms with E-state index in [-0.39, 0.29) is 47.0 Å². The Morgan fingerprint density at radius 2 is 2.06 bits per heavy atom. The summed E-state index contributed by atoms with van der Waals surface area (Å²) in [5.74, 6) is -1.09. The van der Waals surface area contributed by atoms with Gasteiger partial charge in [-0.1, -0.05) is 18.7 Å². The number of esters is 1. The predicted molar refractivity (Wildman–Crippen MR) is 122 cm³/mol. The van der Waals surface area contributed by atoms with Gasteiger partial charge in [-0.3, -0.25) is 19.7 Å². The fourth-order valence-electron chi connectivity index (χ4n) is 3.66. The quantitative estimate of drug-likeness (QED) is 0.249. The SMILES string of the molecule is CS[C@H](C)[C@H]1C(=O)N2C(C(=O)OCc3ccc([N+](=O)[O-])cc3)=C(S/C=C/NC(C)=O)C[C@H]12. The number of hydrogen-bond acceptors (Lipinski definition) is 8. The number of non-ortho nitro benzene ring substituents is 1. The van der Waals surface area contributed by atoms with Crippen LogP contribution in [-0.2, 0) is 25.7 Å². The second kappa shape index (κ2) is 10.2. The molecule has 0 bridgehead atoms. The van der Waals surface area contributed by atoms with Crippen LogP contribution in [0.25, 0.3) is 0 Å². The van der Waals surface area contributed by atoms with Gasteiger partial charge in [-0.2, -0.15) is 11.8 Å². The first kappa shape index (κ1) is 23.9. The van der Waals surface area contributed by atoms with Crippen molar-refractivity contribution in [2.24, 2.45) is 5.92 Å². The number of β-lactam (4-membered cyclic amide) rings is 1. The Hall–Kier alpha value is -2.79. The maximum atomic E-state index is 12.9. The number of amides is 2. The maximum absolute atomic E-state index is 12.9. The molecule has 2 amide bonds. The molecule has 11 heteroatoms. The van der Waals surface area contributed by atoms with Gasteiger partial charge in [-0.25, -0.2) is 4.79 Å². The molecule has 2 aliphatic heterocycles. The van der Waals surface area contributed by atoms with Crippen molar-refractivity contribution in [1.29, 1.82) is 0 Å². The normalized spacial score (nSPS) is 20.7. The zero-order valence-electron chi connectivity index (χ0n) is 17.8. The van der Waals surface area contributed by atoms with Crippen LogP contribution >= 0.6 is 23.5 Å². The smallest absolute Gasteiger partial charge is 0.356 e. The molecule has 0 aromatic heterocycles. The minimum atomic E-state index is -0.620. The van der Waals surface area contributed by atoms with E-state index in [4.69, 9.17) is 4.74 Å². The van der Waals surface area contributed by atoms with Crippen LogP contribution < -0.4 is 5.32 Å². The molecule has 1 aromatic rings. The average molecular weight is 478 g/mol. The predicted octanol–water partition coefficient (Wildman–Crippen LogP) is 3.17. The molecule has 9 nitrogen and oxygen atoms in total. The summed E-state index contributed by atoms with van der Waals surface area (Å²) in [6.07, 6.45) is 3.98. The lowest BCUT2D eigenvalue weighted by Gasteiger charge is -2.45. The number of ether oxygens (including phenoxy) is 1. The summed E-state index contributed by atoms with van der Waals surface area (Å²) in [5, 5.41) is 15.1. The van der Waals surface area contributed by atoms with E-state index in [9.17, 15) is 24.5 Å². The first-order chi connectivity index (χ1) is 15.2. The second-order valence-corrected chi connectivity index (χ2v) is 9.55. The van der Waals surface area contributed by atoms with Crippen LogP contribution in [-0.4, -0.2) is 45.2 Å². The molecular formula is C21H23N3O6S2. The second-order valence-electron chi connectivity index (χ2n) is 7.34. The number of nitrogens with one attached hydrogen (secondary N) is 1. The van der Waals surface area contributed by atoms with Gasteiger partial charge in [0.2, 0.25) is 11.8 Å². The maximum Gasteiger partial charge on any atom is 0.356 e. The molecule has 0 spiro atoms. The lowest BCUT2D eigenvalue weighted by Crippen LogP contribution is -2.61. The summed E-state index contributed by atoms with van der Waals surface area (Å²) in [7, 11) is 0. The zero-order valence-corrected chi connectivity index (χ0v) is 19.4. The van der Waals surface area contributed by atoms with Crippen molar-refractivity contribution in [3.63, 3.8) is 0 Å². The first-order valence-electron chi connectivity index (χ1n) is 9.82. The number of rotatable bonds is 9. The number of thioether (sulfide) groups is 2. The summed E-state index contributed by atoms with van der Waals surface area (Å²) >= 11 is 2.88. The Bertz CT molecular complexity index is 992. The highest BCUT2D eigenvalue weighted by Gasteiger charge is 2.56. The number of hydrogen-bond donors (Lipinski definition) is 1. The molecule has 3 atom stereocenters. The number of nitro groups is 1. The largest absolute Gasteiger partial charge is 0.456 e. The molecule has 1 saturated heterocycles. The number of benzene rings is 1. The molecule has 170 valence electrons. The van der Waals surface area contributed by atoms with Gasteiger partial charge >= 0.3 is 5.97 Å². The highest BCUT2D eigenvalue weighted by atomic mass is 32.2. The van der Waals surface area contributed by atoms with Crippen molar-refractivity contribution in [3.05, 3.63) is 62.2 Å². The molecule has 2 heterocycles. The molecule has 3 rings (SSSR count). The number of carbonyl (C=O) groups is 3. The highest BCUT2D eigenvalue weighted by Crippen LogP contribution is 2.49. The Morgan fingerprint density at radius 1 is 1.38 bits per heavy atom. The standard InChI is InChI=1S/C21H23N3O6S2/c1-12(31-3)18-16-10-17(32-9-8-22-13(2)25)19(23(16)20(18)26)21(27)30-11-14-4-6-15(7-5-14)24(28)29/h4-9,12,16,18H,10-11H2,1-3H3,(H,22,25)/b9-8+/t12-,16-,18-/m1/s1. The van der Waals surface area contributed by atoms with Crippen molar-refractivity contribution in [2.75, 3.05) is 6.26 Å². The lowest BCUT2D eigenvalue weighted by molar-refractivity contribution is -0.384. The van der Waals surface area contributed by atoms with Crippen LogP contribution in [0.4, 0.5) is 5.69 Å². The Morgan fingerprint density at radius 3 is 2.66 bits per heavy atom. The van der Waals surface area contributed by atoms with Gasteiger partial charge in [-0.15, -0.1) is 0 Å². The van der Waals surface area contributed by atoms with Crippen LogP contribution in [0.15, 0.2) is 46.5 Å². The van der Waals surface area contributed by atoms with Crippen LogP contribution in [0, 0.1) is 16.0 Å². The topological polar surface area (TPSA) is 119 Å². The van der Waals surface area contributed by atoms with Crippen LogP contribution in [0.2, 0.25) is 0 Å². The molecule has 0 radical (unpaired) electrons. The number of fused-ring (bicyclic) bond motifs is 1. The fraction of sp³-hybridized carbons (Fsp3) is 0.381. The van der Waals surface area contributed by atoms with Crippen molar-refractivity contribution in [1.82, 2.24) is 10.2 Å². The summed E-state index contributed by atoms with van der Waals surface area (Å²) in [6.45, 7) is 3.32. The molecule has 32 heavy (non-hydrogen) atoms. The minimum Gasteiger partial charge on any atom is -0.456 e. The summed E-state index contributed by atoms with van der Waals surface area (Å²) in [4.78, 5) is 49.3. The third-order valence-electron chi connectivity index (χ3n) is 5.32. The Labute approximate surface area is 193 Å².